The van der Waals surface area contributed by atoms with Gasteiger partial charge in [0, 0.05) is 21.7 Å². The highest BCUT2D eigenvalue weighted by Gasteiger charge is 2.52. The first-order chi connectivity index (χ1) is 17.7. The number of hydrogen-bond donors (Lipinski definition) is 1. The zero-order chi connectivity index (χ0) is 26.6. The molecule has 0 saturated heterocycles. The Balaban J connectivity index is 1.52. The van der Waals surface area contributed by atoms with Gasteiger partial charge in [-0.3, -0.25) is 9.59 Å². The number of nitrogens with zero attached hydrogens (tertiary/aromatic N) is 1. The fourth-order valence-electron chi connectivity index (χ4n) is 4.04. The normalized spacial score (nSPS) is 14.3. The summed E-state index contributed by atoms with van der Waals surface area (Å²) in [4.78, 5) is 25.4. The number of amides is 1. The molecule has 0 unspecified atom stereocenters. The maximum absolute atomic E-state index is 13.5. The lowest BCUT2D eigenvalue weighted by atomic mass is 9.96. The van der Waals surface area contributed by atoms with Crippen LogP contribution in [0.4, 0.5) is 5.69 Å². The first-order valence-electron chi connectivity index (χ1n) is 11.7. The average molecular weight is 606 g/mol. The summed E-state index contributed by atoms with van der Waals surface area (Å²) < 4.78 is 34.0. The van der Waals surface area contributed by atoms with Crippen molar-refractivity contribution in [2.75, 3.05) is 18.5 Å². The third kappa shape index (κ3) is 6.23. The van der Waals surface area contributed by atoms with Gasteiger partial charge in [-0.1, -0.05) is 57.9 Å². The molecule has 4 rings (SSSR count). The Labute approximate surface area is 230 Å². The fourth-order valence-corrected chi connectivity index (χ4v) is 5.87. The predicted molar refractivity (Wildman–Crippen MR) is 146 cm³/mol. The lowest BCUT2D eigenvalue weighted by Crippen LogP contribution is -2.37. The minimum Gasteiger partial charge on any atom is -0.465 e. The van der Waals surface area contributed by atoms with Gasteiger partial charge in [-0.15, -0.1) is 0 Å². The number of halogens is 2. The molecule has 0 atom stereocenters. The number of nitrogens with one attached hydrogen (secondary N) is 1. The number of sulfonamides is 1. The highest BCUT2D eigenvalue weighted by atomic mass is 79.9. The SMILES string of the molecule is CCOC(=O)C1(c2ccc(NC(=O)CN(Cc3ccccc3Cl)S(=O)(=O)c3ccc(Br)cc3)cc2)CC1. The van der Waals surface area contributed by atoms with Crippen molar-refractivity contribution in [2.24, 2.45) is 0 Å². The van der Waals surface area contributed by atoms with Crippen LogP contribution in [-0.4, -0.2) is 37.8 Å². The smallest absolute Gasteiger partial charge is 0.316 e. The van der Waals surface area contributed by atoms with Gasteiger partial charge in [-0.25, -0.2) is 8.42 Å². The van der Waals surface area contributed by atoms with E-state index in [1.54, 1.807) is 67.6 Å². The van der Waals surface area contributed by atoms with Crippen LogP contribution in [0.15, 0.2) is 82.2 Å². The van der Waals surface area contributed by atoms with Gasteiger partial charge in [-0.05, 0) is 73.4 Å². The van der Waals surface area contributed by atoms with E-state index < -0.39 is 27.9 Å². The van der Waals surface area contributed by atoms with Crippen molar-refractivity contribution in [3.8, 4) is 0 Å². The Bertz CT molecular complexity index is 1390. The van der Waals surface area contributed by atoms with Crippen molar-refractivity contribution in [1.82, 2.24) is 4.31 Å². The summed E-state index contributed by atoms with van der Waals surface area (Å²) >= 11 is 9.60. The van der Waals surface area contributed by atoms with E-state index in [0.29, 0.717) is 22.9 Å². The van der Waals surface area contributed by atoms with E-state index in [9.17, 15) is 18.0 Å². The quantitative estimate of drug-likeness (QED) is 0.307. The van der Waals surface area contributed by atoms with Crippen LogP contribution in [0.5, 0.6) is 0 Å². The molecule has 1 amide bonds. The molecular formula is C27H26BrClN2O5S. The van der Waals surface area contributed by atoms with Gasteiger partial charge in [0.05, 0.1) is 23.5 Å². The summed E-state index contributed by atoms with van der Waals surface area (Å²) in [6.07, 6.45) is 1.45. The highest BCUT2D eigenvalue weighted by Crippen LogP contribution is 2.49. The summed E-state index contributed by atoms with van der Waals surface area (Å²) in [6, 6.07) is 20.1. The number of carbonyl (C=O) groups is 2. The van der Waals surface area contributed by atoms with Crippen LogP contribution < -0.4 is 5.32 Å². The molecule has 0 aromatic heterocycles. The maximum Gasteiger partial charge on any atom is 0.316 e. The molecule has 0 radical (unpaired) electrons. The van der Waals surface area contributed by atoms with E-state index in [1.807, 2.05) is 0 Å². The molecule has 7 nitrogen and oxygen atoms in total. The molecule has 1 aliphatic rings. The van der Waals surface area contributed by atoms with Crippen molar-refractivity contribution >= 4 is 55.1 Å². The van der Waals surface area contributed by atoms with Gasteiger partial charge in [-0.2, -0.15) is 4.31 Å². The molecule has 3 aromatic rings. The summed E-state index contributed by atoms with van der Waals surface area (Å²) in [5.41, 5.74) is 1.30. The van der Waals surface area contributed by atoms with Gasteiger partial charge in [0.25, 0.3) is 0 Å². The first kappa shape index (κ1) is 27.3. The number of ether oxygens (including phenoxy) is 1. The van der Waals surface area contributed by atoms with Crippen LogP contribution in [0.2, 0.25) is 5.02 Å². The van der Waals surface area contributed by atoms with Crippen LogP contribution in [-0.2, 0) is 36.3 Å². The van der Waals surface area contributed by atoms with Gasteiger partial charge in [0.2, 0.25) is 15.9 Å². The van der Waals surface area contributed by atoms with Crippen LogP contribution >= 0.6 is 27.5 Å². The number of rotatable bonds is 10. The third-order valence-electron chi connectivity index (χ3n) is 6.21. The molecule has 0 aliphatic heterocycles. The van der Waals surface area contributed by atoms with E-state index >= 15 is 0 Å². The molecule has 0 bridgehead atoms. The molecular weight excluding hydrogens is 580 g/mol. The molecule has 0 heterocycles. The Hall–Kier alpha value is -2.72. The van der Waals surface area contributed by atoms with Gasteiger partial charge in [0.15, 0.2) is 0 Å². The first-order valence-corrected chi connectivity index (χ1v) is 14.3. The van der Waals surface area contributed by atoms with E-state index in [2.05, 4.69) is 21.2 Å². The van der Waals surface area contributed by atoms with Crippen LogP contribution in [0.1, 0.15) is 30.9 Å². The van der Waals surface area contributed by atoms with Gasteiger partial charge < -0.3 is 10.1 Å². The number of benzene rings is 3. The Morgan fingerprint density at radius 1 is 1.03 bits per heavy atom. The molecule has 3 aromatic carbocycles. The third-order valence-corrected chi connectivity index (χ3v) is 8.92. The standard InChI is InChI=1S/C27H26BrClN2O5S/c1-2-36-26(33)27(15-16-27)20-7-11-22(12-8-20)30-25(32)18-31(17-19-5-3-4-6-24(19)29)37(34,35)23-13-9-21(28)10-14-23/h3-14H,2,15-18H2,1H3,(H,30,32). The molecule has 1 N–H and O–H groups in total. The molecule has 194 valence electrons. The molecule has 1 aliphatic carbocycles. The van der Waals surface area contributed by atoms with E-state index in [0.717, 1.165) is 27.2 Å². The van der Waals surface area contributed by atoms with Crippen molar-refractivity contribution in [1.29, 1.82) is 0 Å². The zero-order valence-electron chi connectivity index (χ0n) is 20.1. The second-order valence-electron chi connectivity index (χ2n) is 8.75. The molecule has 1 saturated carbocycles. The predicted octanol–water partition coefficient (Wildman–Crippen LogP) is 5.53. The molecule has 10 heteroatoms. The maximum atomic E-state index is 13.5. The van der Waals surface area contributed by atoms with Crippen molar-refractivity contribution in [3.63, 3.8) is 0 Å². The Kier molecular flexibility index (Phi) is 8.38. The Morgan fingerprint density at radius 2 is 1.68 bits per heavy atom. The van der Waals surface area contributed by atoms with Crippen LogP contribution in [0.25, 0.3) is 0 Å². The number of hydrogen-bond acceptors (Lipinski definition) is 5. The summed E-state index contributed by atoms with van der Waals surface area (Å²) in [5.74, 6) is -0.743. The average Bonchev–Trinajstić information content (AvgIpc) is 3.68. The Morgan fingerprint density at radius 3 is 2.27 bits per heavy atom. The second kappa shape index (κ2) is 11.3. The second-order valence-corrected chi connectivity index (χ2v) is 12.0. The number of anilines is 1. The molecule has 37 heavy (non-hydrogen) atoms. The summed E-state index contributed by atoms with van der Waals surface area (Å²) in [5, 5.41) is 3.16. The highest BCUT2D eigenvalue weighted by molar-refractivity contribution is 9.10. The molecule has 0 spiro atoms. The van der Waals surface area contributed by atoms with Crippen LogP contribution in [0, 0.1) is 0 Å². The van der Waals surface area contributed by atoms with Gasteiger partial charge >= 0.3 is 5.97 Å². The van der Waals surface area contributed by atoms with Crippen molar-refractivity contribution in [2.45, 2.75) is 36.6 Å². The number of carbonyl (C=O) groups excluding carboxylic acids is 2. The minimum absolute atomic E-state index is 0.0635. The lowest BCUT2D eigenvalue weighted by Gasteiger charge is -2.22. The lowest BCUT2D eigenvalue weighted by molar-refractivity contribution is -0.146. The minimum atomic E-state index is -4.01. The van der Waals surface area contributed by atoms with E-state index in [1.165, 1.54) is 12.1 Å². The largest absolute Gasteiger partial charge is 0.465 e. The molecule has 1 fully saturated rings. The van der Waals surface area contributed by atoms with Gasteiger partial charge in [0.1, 0.15) is 0 Å². The monoisotopic (exact) mass is 604 g/mol. The van der Waals surface area contributed by atoms with E-state index in [-0.39, 0.29) is 17.4 Å². The zero-order valence-corrected chi connectivity index (χ0v) is 23.3. The fraction of sp³-hybridized carbons (Fsp3) is 0.259. The topological polar surface area (TPSA) is 92.8 Å². The summed E-state index contributed by atoms with van der Waals surface area (Å²) in [7, 11) is -4.01. The van der Waals surface area contributed by atoms with Crippen molar-refractivity contribution in [3.05, 3.63) is 93.4 Å². The van der Waals surface area contributed by atoms with E-state index in [4.69, 9.17) is 16.3 Å². The summed E-state index contributed by atoms with van der Waals surface area (Å²) in [6.45, 7) is 1.60. The number of esters is 1. The van der Waals surface area contributed by atoms with Crippen LogP contribution in [0.3, 0.4) is 0 Å². The van der Waals surface area contributed by atoms with Crippen molar-refractivity contribution < 1.29 is 22.7 Å².